The SMILES string of the molecule is Cc1cc2c(cc1CCNC1(C)CC1)c(=O)n(N)c(=O)n2CC1CC1. The molecule has 0 unspecified atom stereocenters. The van der Waals surface area contributed by atoms with Crippen LogP contribution in [0.3, 0.4) is 0 Å². The zero-order chi connectivity index (χ0) is 17.8. The quantitative estimate of drug-likeness (QED) is 0.775. The second kappa shape index (κ2) is 5.73. The third kappa shape index (κ3) is 3.11. The molecule has 3 N–H and O–H groups in total. The Morgan fingerprint density at radius 3 is 2.64 bits per heavy atom. The van der Waals surface area contributed by atoms with E-state index in [1.807, 2.05) is 19.1 Å². The monoisotopic (exact) mass is 342 g/mol. The van der Waals surface area contributed by atoms with Gasteiger partial charge in [0.25, 0.3) is 5.56 Å². The van der Waals surface area contributed by atoms with Crippen molar-refractivity contribution < 1.29 is 0 Å². The average molecular weight is 342 g/mol. The topological polar surface area (TPSA) is 82.1 Å². The highest BCUT2D eigenvalue weighted by atomic mass is 16.2. The van der Waals surface area contributed by atoms with Crippen molar-refractivity contribution in [1.29, 1.82) is 0 Å². The van der Waals surface area contributed by atoms with Gasteiger partial charge in [-0.3, -0.25) is 9.36 Å². The maximum absolute atomic E-state index is 12.5. The summed E-state index contributed by atoms with van der Waals surface area (Å²) in [5.41, 5.74) is 2.45. The van der Waals surface area contributed by atoms with Gasteiger partial charge in [0.05, 0.1) is 10.9 Å². The molecule has 2 aliphatic rings. The first-order valence-electron chi connectivity index (χ1n) is 9.17. The minimum absolute atomic E-state index is 0.305. The lowest BCUT2D eigenvalue weighted by molar-refractivity contribution is 0.541. The molecule has 6 heteroatoms. The summed E-state index contributed by atoms with van der Waals surface area (Å²) in [6.45, 7) is 5.82. The average Bonchev–Trinajstić information content (AvgIpc) is 3.50. The Morgan fingerprint density at radius 2 is 2.00 bits per heavy atom. The molecular formula is C19H26N4O2. The van der Waals surface area contributed by atoms with Crippen LogP contribution < -0.4 is 22.4 Å². The van der Waals surface area contributed by atoms with Crippen LogP contribution in [0.4, 0.5) is 0 Å². The Kier molecular flexibility index (Phi) is 3.76. The van der Waals surface area contributed by atoms with Crippen molar-refractivity contribution in [3.05, 3.63) is 44.1 Å². The van der Waals surface area contributed by atoms with E-state index in [-0.39, 0.29) is 0 Å². The van der Waals surface area contributed by atoms with E-state index in [0.29, 0.717) is 28.9 Å². The van der Waals surface area contributed by atoms with Crippen LogP contribution in [0.15, 0.2) is 21.7 Å². The zero-order valence-corrected chi connectivity index (χ0v) is 15.0. The number of hydrogen-bond donors (Lipinski definition) is 2. The molecule has 0 amide bonds. The van der Waals surface area contributed by atoms with Crippen molar-refractivity contribution in [3.8, 4) is 0 Å². The van der Waals surface area contributed by atoms with Crippen LogP contribution in [-0.2, 0) is 13.0 Å². The summed E-state index contributed by atoms with van der Waals surface area (Å²) in [4.78, 5) is 25.0. The van der Waals surface area contributed by atoms with Crippen molar-refractivity contribution in [2.24, 2.45) is 5.92 Å². The van der Waals surface area contributed by atoms with Gasteiger partial charge in [0.15, 0.2) is 0 Å². The predicted molar refractivity (Wildman–Crippen MR) is 99.4 cm³/mol. The van der Waals surface area contributed by atoms with Crippen LogP contribution >= 0.6 is 0 Å². The highest BCUT2D eigenvalue weighted by Gasteiger charge is 2.36. The van der Waals surface area contributed by atoms with Gasteiger partial charge >= 0.3 is 5.69 Å². The highest BCUT2D eigenvalue weighted by molar-refractivity contribution is 5.80. The molecule has 0 aliphatic heterocycles. The highest BCUT2D eigenvalue weighted by Crippen LogP contribution is 2.34. The lowest BCUT2D eigenvalue weighted by atomic mass is 10.0. The second-order valence-electron chi connectivity index (χ2n) is 8.04. The molecule has 2 aliphatic carbocycles. The fourth-order valence-electron chi connectivity index (χ4n) is 3.45. The smallest absolute Gasteiger partial charge is 0.332 e. The first kappa shape index (κ1) is 16.4. The van der Waals surface area contributed by atoms with Gasteiger partial charge in [0, 0.05) is 12.1 Å². The largest absolute Gasteiger partial charge is 0.350 e. The summed E-state index contributed by atoms with van der Waals surface area (Å²) in [6, 6.07) is 3.91. The summed E-state index contributed by atoms with van der Waals surface area (Å²) in [5, 5.41) is 4.12. The summed E-state index contributed by atoms with van der Waals surface area (Å²) in [6.07, 6.45) is 5.60. The molecule has 0 atom stereocenters. The van der Waals surface area contributed by atoms with Crippen LogP contribution in [0, 0.1) is 12.8 Å². The number of nitrogens with two attached hydrogens (primary N) is 1. The minimum atomic E-state index is -0.417. The maximum atomic E-state index is 12.5. The fraction of sp³-hybridized carbons (Fsp3) is 0.579. The van der Waals surface area contributed by atoms with Crippen molar-refractivity contribution in [2.75, 3.05) is 12.4 Å². The maximum Gasteiger partial charge on any atom is 0.350 e. The Balaban J connectivity index is 1.73. The van der Waals surface area contributed by atoms with Crippen LogP contribution in [0.25, 0.3) is 10.9 Å². The Morgan fingerprint density at radius 1 is 1.28 bits per heavy atom. The van der Waals surface area contributed by atoms with Gasteiger partial charge in [-0.15, -0.1) is 0 Å². The number of nitrogen functional groups attached to an aromatic ring is 1. The molecular weight excluding hydrogens is 316 g/mol. The van der Waals surface area contributed by atoms with Crippen LogP contribution in [0.5, 0.6) is 0 Å². The molecule has 1 heterocycles. The molecule has 0 bridgehead atoms. The van der Waals surface area contributed by atoms with E-state index in [4.69, 9.17) is 5.84 Å². The van der Waals surface area contributed by atoms with E-state index in [1.165, 1.54) is 12.8 Å². The molecule has 2 saturated carbocycles. The minimum Gasteiger partial charge on any atom is -0.332 e. The van der Waals surface area contributed by atoms with E-state index in [9.17, 15) is 9.59 Å². The van der Waals surface area contributed by atoms with Gasteiger partial charge in [-0.1, -0.05) is 0 Å². The van der Waals surface area contributed by atoms with Gasteiger partial charge in [-0.2, -0.15) is 4.68 Å². The van der Waals surface area contributed by atoms with E-state index < -0.39 is 11.2 Å². The van der Waals surface area contributed by atoms with Gasteiger partial charge in [0.1, 0.15) is 0 Å². The summed E-state index contributed by atoms with van der Waals surface area (Å²) < 4.78 is 2.43. The van der Waals surface area contributed by atoms with Gasteiger partial charge < -0.3 is 11.2 Å². The van der Waals surface area contributed by atoms with Crippen molar-refractivity contribution >= 4 is 10.9 Å². The molecule has 1 aromatic carbocycles. The third-order valence-electron chi connectivity index (χ3n) is 5.72. The molecule has 1 aromatic heterocycles. The second-order valence-corrected chi connectivity index (χ2v) is 8.04. The number of aryl methyl sites for hydroxylation is 1. The van der Waals surface area contributed by atoms with Crippen LogP contribution in [-0.4, -0.2) is 21.3 Å². The molecule has 6 nitrogen and oxygen atoms in total. The standard InChI is InChI=1S/C19H26N4O2/c1-12-9-16-15(10-14(12)5-8-21-19(2)6-7-19)17(24)23(20)18(25)22(16)11-13-3-4-13/h9-10,13,21H,3-8,11,20H2,1-2H3. The summed E-state index contributed by atoms with van der Waals surface area (Å²) >= 11 is 0. The first-order chi connectivity index (χ1) is 11.9. The Labute approximate surface area is 146 Å². The lowest BCUT2D eigenvalue weighted by Crippen LogP contribution is -2.45. The number of hydrogen-bond acceptors (Lipinski definition) is 4. The lowest BCUT2D eigenvalue weighted by Gasteiger charge is -2.15. The van der Waals surface area contributed by atoms with E-state index in [1.54, 1.807) is 4.57 Å². The number of aromatic nitrogens is 2. The molecule has 134 valence electrons. The fourth-order valence-corrected chi connectivity index (χ4v) is 3.45. The zero-order valence-electron chi connectivity index (χ0n) is 15.0. The van der Waals surface area contributed by atoms with Crippen molar-refractivity contribution in [2.45, 2.75) is 58.0 Å². The Bertz CT molecular complexity index is 949. The van der Waals surface area contributed by atoms with Gasteiger partial charge in [-0.05, 0) is 81.7 Å². The van der Waals surface area contributed by atoms with E-state index in [0.717, 1.165) is 41.6 Å². The molecule has 2 fully saturated rings. The van der Waals surface area contributed by atoms with E-state index >= 15 is 0 Å². The number of fused-ring (bicyclic) bond motifs is 1. The third-order valence-corrected chi connectivity index (χ3v) is 5.72. The number of nitrogens with zero attached hydrogens (tertiary/aromatic N) is 2. The molecule has 25 heavy (non-hydrogen) atoms. The van der Waals surface area contributed by atoms with Crippen LogP contribution in [0.1, 0.15) is 43.7 Å². The summed E-state index contributed by atoms with van der Waals surface area (Å²) in [7, 11) is 0. The predicted octanol–water partition coefficient (Wildman–Crippen LogP) is 1.28. The molecule has 0 radical (unpaired) electrons. The number of nitrogens with one attached hydrogen (secondary N) is 1. The van der Waals surface area contributed by atoms with E-state index in [2.05, 4.69) is 12.2 Å². The molecule has 0 spiro atoms. The van der Waals surface area contributed by atoms with Crippen molar-refractivity contribution in [3.63, 3.8) is 0 Å². The van der Waals surface area contributed by atoms with Crippen LogP contribution in [0.2, 0.25) is 0 Å². The molecule has 4 rings (SSSR count). The molecule has 2 aromatic rings. The summed E-state index contributed by atoms with van der Waals surface area (Å²) in [5.74, 6) is 6.29. The van der Waals surface area contributed by atoms with Gasteiger partial charge in [-0.25, -0.2) is 4.79 Å². The molecule has 0 saturated heterocycles. The normalized spacial score (nSPS) is 18.6. The van der Waals surface area contributed by atoms with Crippen molar-refractivity contribution in [1.82, 2.24) is 14.6 Å². The number of rotatable bonds is 6. The Hall–Kier alpha value is -2.08. The number of benzene rings is 1. The first-order valence-corrected chi connectivity index (χ1v) is 9.17. The van der Waals surface area contributed by atoms with Gasteiger partial charge in [0.2, 0.25) is 0 Å².